The number of ether oxygens (including phenoxy) is 1. The lowest BCUT2D eigenvalue weighted by atomic mass is 10.1. The molecule has 0 saturated carbocycles. The fourth-order valence-corrected chi connectivity index (χ4v) is 2.32. The molecule has 0 saturated heterocycles. The Hall–Kier alpha value is -2.35. The van der Waals surface area contributed by atoms with Crippen LogP contribution in [0.4, 0.5) is 13.2 Å². The van der Waals surface area contributed by atoms with Crippen molar-refractivity contribution in [1.29, 1.82) is 0 Å². The molecule has 108 valence electrons. The van der Waals surface area contributed by atoms with E-state index in [1.165, 1.54) is 6.07 Å². The van der Waals surface area contributed by atoms with Gasteiger partial charge in [0.05, 0.1) is 0 Å². The van der Waals surface area contributed by atoms with Crippen molar-refractivity contribution in [3.63, 3.8) is 0 Å². The van der Waals surface area contributed by atoms with Crippen molar-refractivity contribution in [2.75, 3.05) is 0 Å². The highest BCUT2D eigenvalue weighted by molar-refractivity contribution is 7.13. The van der Waals surface area contributed by atoms with Crippen molar-refractivity contribution in [2.24, 2.45) is 0 Å². The zero-order valence-corrected chi connectivity index (χ0v) is 11.1. The molecule has 0 aliphatic carbocycles. The molecule has 0 spiro atoms. The molecule has 3 rings (SSSR count). The Balaban J connectivity index is 1.89. The fourth-order valence-electron chi connectivity index (χ4n) is 1.74. The van der Waals surface area contributed by atoms with Crippen LogP contribution in [0.1, 0.15) is 5.01 Å². The first kappa shape index (κ1) is 13.6. The van der Waals surface area contributed by atoms with Gasteiger partial charge in [-0.2, -0.15) is 13.2 Å². The third-order valence-corrected chi connectivity index (χ3v) is 3.50. The van der Waals surface area contributed by atoms with Gasteiger partial charge in [0.25, 0.3) is 5.19 Å². The number of fused-ring (bicyclic) bond motifs is 1. The summed E-state index contributed by atoms with van der Waals surface area (Å²) in [6.45, 7) is 0. The van der Waals surface area contributed by atoms with Crippen molar-refractivity contribution in [3.8, 4) is 16.7 Å². The van der Waals surface area contributed by atoms with Gasteiger partial charge in [0.1, 0.15) is 11.5 Å². The Labute approximate surface area is 120 Å². The minimum Gasteiger partial charge on any atom is -0.508 e. The quantitative estimate of drug-likeness (QED) is 0.770. The van der Waals surface area contributed by atoms with Gasteiger partial charge in [-0.1, -0.05) is 28.6 Å². The molecule has 0 atom stereocenters. The van der Waals surface area contributed by atoms with Crippen LogP contribution in [0.15, 0.2) is 36.4 Å². The Bertz CT molecular complexity index is 801. The van der Waals surface area contributed by atoms with E-state index in [4.69, 9.17) is 4.74 Å². The summed E-state index contributed by atoms with van der Waals surface area (Å²) in [7, 11) is 0. The average Bonchev–Trinajstić information content (AvgIpc) is 2.86. The summed E-state index contributed by atoms with van der Waals surface area (Å²) in [6.07, 6.45) is -4.53. The molecule has 0 aliphatic heterocycles. The second-order valence-corrected chi connectivity index (χ2v) is 5.11. The van der Waals surface area contributed by atoms with Crippen LogP contribution in [0.2, 0.25) is 0 Å². The van der Waals surface area contributed by atoms with Crippen LogP contribution in [-0.4, -0.2) is 15.3 Å². The van der Waals surface area contributed by atoms with Gasteiger partial charge < -0.3 is 9.84 Å². The van der Waals surface area contributed by atoms with Crippen LogP contribution < -0.4 is 4.74 Å². The fraction of sp³-hybridized carbons (Fsp3) is 0.0769. The molecular weight excluding hydrogens is 305 g/mol. The number of phenolic OH excluding ortho intramolecular Hbond substituents is 1. The predicted octanol–water partition coefficient (Wildman–Crippen LogP) is 4.21. The van der Waals surface area contributed by atoms with Gasteiger partial charge in [-0.3, -0.25) is 0 Å². The van der Waals surface area contributed by atoms with Crippen molar-refractivity contribution >= 4 is 22.1 Å². The van der Waals surface area contributed by atoms with E-state index < -0.39 is 11.2 Å². The summed E-state index contributed by atoms with van der Waals surface area (Å²) in [6, 6.07) is 9.74. The molecule has 0 aliphatic rings. The van der Waals surface area contributed by atoms with E-state index in [9.17, 15) is 18.3 Å². The highest BCUT2D eigenvalue weighted by Crippen LogP contribution is 2.36. The number of benzene rings is 2. The molecule has 0 fully saturated rings. The van der Waals surface area contributed by atoms with E-state index in [2.05, 4.69) is 10.2 Å². The van der Waals surface area contributed by atoms with Gasteiger partial charge in [-0.05, 0) is 35.0 Å². The van der Waals surface area contributed by atoms with E-state index in [1.807, 2.05) is 0 Å². The summed E-state index contributed by atoms with van der Waals surface area (Å²) >= 11 is 0.324. The second kappa shape index (κ2) is 4.88. The standard InChI is InChI=1S/C13H7F3N2O2S/c14-13(15,16)11-17-18-12(21-11)20-10-4-2-7-1-3-9(19)5-8(7)6-10/h1-6,19H. The lowest BCUT2D eigenvalue weighted by molar-refractivity contribution is -0.138. The van der Waals surface area contributed by atoms with Gasteiger partial charge in [-0.15, -0.1) is 5.10 Å². The molecule has 1 aromatic heterocycles. The number of halogens is 3. The molecular formula is C13H7F3N2O2S. The smallest absolute Gasteiger partial charge is 0.445 e. The lowest BCUT2D eigenvalue weighted by Gasteiger charge is -2.04. The SMILES string of the molecule is Oc1ccc2ccc(Oc3nnc(C(F)(F)F)s3)cc2c1. The number of aromatic hydroxyl groups is 1. The number of rotatable bonds is 2. The highest BCUT2D eigenvalue weighted by Gasteiger charge is 2.36. The summed E-state index contributed by atoms with van der Waals surface area (Å²) in [5, 5.41) is 16.1. The average molecular weight is 312 g/mol. The Morgan fingerprint density at radius 1 is 1.00 bits per heavy atom. The normalized spacial score (nSPS) is 11.8. The third kappa shape index (κ3) is 2.89. The maximum atomic E-state index is 12.4. The number of hydrogen-bond donors (Lipinski definition) is 1. The maximum absolute atomic E-state index is 12.4. The summed E-state index contributed by atoms with van der Waals surface area (Å²) in [5.41, 5.74) is 0. The van der Waals surface area contributed by atoms with E-state index >= 15 is 0 Å². The third-order valence-electron chi connectivity index (χ3n) is 2.65. The van der Waals surface area contributed by atoms with Crippen molar-refractivity contribution in [1.82, 2.24) is 10.2 Å². The van der Waals surface area contributed by atoms with Crippen LogP contribution in [0.3, 0.4) is 0 Å². The van der Waals surface area contributed by atoms with Gasteiger partial charge in [0.15, 0.2) is 0 Å². The Kier molecular flexibility index (Phi) is 3.17. The first-order chi connectivity index (χ1) is 9.91. The zero-order chi connectivity index (χ0) is 15.0. The highest BCUT2D eigenvalue weighted by atomic mass is 32.1. The number of phenols is 1. The first-order valence-electron chi connectivity index (χ1n) is 5.73. The molecule has 0 radical (unpaired) electrons. The largest absolute Gasteiger partial charge is 0.508 e. The number of nitrogens with zero attached hydrogens (tertiary/aromatic N) is 2. The first-order valence-corrected chi connectivity index (χ1v) is 6.55. The van der Waals surface area contributed by atoms with Crippen LogP contribution in [0, 0.1) is 0 Å². The molecule has 1 N–H and O–H groups in total. The van der Waals surface area contributed by atoms with Gasteiger partial charge in [0.2, 0.25) is 5.01 Å². The second-order valence-electron chi connectivity index (χ2n) is 4.17. The molecule has 4 nitrogen and oxygen atoms in total. The predicted molar refractivity (Wildman–Crippen MR) is 70.6 cm³/mol. The summed E-state index contributed by atoms with van der Waals surface area (Å²) < 4.78 is 42.5. The summed E-state index contributed by atoms with van der Waals surface area (Å²) in [4.78, 5) is 0. The van der Waals surface area contributed by atoms with E-state index in [0.717, 1.165) is 5.39 Å². The van der Waals surface area contributed by atoms with Crippen molar-refractivity contribution in [2.45, 2.75) is 6.18 Å². The van der Waals surface area contributed by atoms with E-state index in [-0.39, 0.29) is 10.9 Å². The number of hydrogen-bond acceptors (Lipinski definition) is 5. The lowest BCUT2D eigenvalue weighted by Crippen LogP contribution is -2.03. The molecule has 2 aromatic carbocycles. The monoisotopic (exact) mass is 312 g/mol. The molecule has 0 bridgehead atoms. The van der Waals surface area contributed by atoms with E-state index in [1.54, 1.807) is 30.3 Å². The van der Waals surface area contributed by atoms with Crippen LogP contribution >= 0.6 is 11.3 Å². The number of aromatic nitrogens is 2. The van der Waals surface area contributed by atoms with Gasteiger partial charge in [0, 0.05) is 0 Å². The Morgan fingerprint density at radius 2 is 1.76 bits per heavy atom. The molecule has 0 amide bonds. The molecule has 21 heavy (non-hydrogen) atoms. The van der Waals surface area contributed by atoms with Gasteiger partial charge in [-0.25, -0.2) is 0 Å². The molecule has 3 aromatic rings. The maximum Gasteiger partial charge on any atom is 0.445 e. The Morgan fingerprint density at radius 3 is 2.48 bits per heavy atom. The summed E-state index contributed by atoms with van der Waals surface area (Å²) in [5.74, 6) is 0.410. The molecule has 1 heterocycles. The van der Waals surface area contributed by atoms with Gasteiger partial charge >= 0.3 is 6.18 Å². The van der Waals surface area contributed by atoms with Crippen molar-refractivity contribution in [3.05, 3.63) is 41.4 Å². The number of alkyl halides is 3. The topological polar surface area (TPSA) is 55.2 Å². The zero-order valence-electron chi connectivity index (χ0n) is 10.3. The molecule has 0 unspecified atom stereocenters. The van der Waals surface area contributed by atoms with Crippen LogP contribution in [0.25, 0.3) is 10.8 Å². The van der Waals surface area contributed by atoms with Crippen LogP contribution in [0.5, 0.6) is 16.7 Å². The van der Waals surface area contributed by atoms with Crippen molar-refractivity contribution < 1.29 is 23.0 Å². The minimum absolute atomic E-state index is 0.0925. The van der Waals surface area contributed by atoms with E-state index in [0.29, 0.717) is 22.5 Å². The van der Waals surface area contributed by atoms with Crippen LogP contribution in [-0.2, 0) is 6.18 Å². The minimum atomic E-state index is -4.53. The molecule has 8 heteroatoms.